The number of nitrogens with zero attached hydrogens (tertiary/aromatic N) is 3. The van der Waals surface area contributed by atoms with E-state index in [1.807, 2.05) is 6.07 Å². The van der Waals surface area contributed by atoms with Gasteiger partial charge in [0.25, 0.3) is 5.91 Å². The van der Waals surface area contributed by atoms with Crippen molar-refractivity contribution in [2.24, 2.45) is 0 Å². The third kappa shape index (κ3) is 3.70. The highest BCUT2D eigenvalue weighted by Gasteiger charge is 2.35. The molecule has 2 aliphatic rings. The topological polar surface area (TPSA) is 93.7 Å². The summed E-state index contributed by atoms with van der Waals surface area (Å²) >= 11 is 1.21. The maximum atomic E-state index is 14.0. The van der Waals surface area contributed by atoms with Gasteiger partial charge in [0.15, 0.2) is 11.5 Å². The van der Waals surface area contributed by atoms with Gasteiger partial charge in [-0.2, -0.15) is 0 Å². The van der Waals surface area contributed by atoms with Crippen molar-refractivity contribution in [3.63, 3.8) is 0 Å². The fourth-order valence-corrected chi connectivity index (χ4v) is 4.42. The summed E-state index contributed by atoms with van der Waals surface area (Å²) in [4.78, 5) is 27.0. The first-order chi connectivity index (χ1) is 15.1. The molecule has 1 N–H and O–H groups in total. The summed E-state index contributed by atoms with van der Waals surface area (Å²) in [6.45, 7) is 0.573. The molecule has 5 rings (SSSR count). The van der Waals surface area contributed by atoms with Gasteiger partial charge in [0.1, 0.15) is 16.9 Å². The Morgan fingerprint density at radius 1 is 1.13 bits per heavy atom. The molecule has 10 heteroatoms. The van der Waals surface area contributed by atoms with Gasteiger partial charge in [-0.05, 0) is 43.2 Å². The molecule has 8 nitrogen and oxygen atoms in total. The Hall–Kier alpha value is -3.53. The van der Waals surface area contributed by atoms with Crippen molar-refractivity contribution < 1.29 is 23.5 Å². The van der Waals surface area contributed by atoms with Crippen LogP contribution in [-0.2, 0) is 4.79 Å². The van der Waals surface area contributed by atoms with Crippen molar-refractivity contribution in [2.45, 2.75) is 18.9 Å². The zero-order chi connectivity index (χ0) is 21.4. The molecule has 1 unspecified atom stereocenters. The van der Waals surface area contributed by atoms with Gasteiger partial charge >= 0.3 is 0 Å². The van der Waals surface area contributed by atoms with Gasteiger partial charge in [-0.1, -0.05) is 23.5 Å². The highest BCUT2D eigenvalue weighted by atomic mass is 32.1. The normalized spacial score (nSPS) is 17.1. The predicted molar refractivity (Wildman–Crippen MR) is 111 cm³/mol. The number of carbonyl (C=O) groups is 2. The fraction of sp³-hybridized carbons (Fsp3) is 0.238. The van der Waals surface area contributed by atoms with Gasteiger partial charge in [0, 0.05) is 12.1 Å². The third-order valence-corrected chi connectivity index (χ3v) is 6.08. The van der Waals surface area contributed by atoms with Crippen molar-refractivity contribution in [1.29, 1.82) is 0 Å². The molecule has 1 aromatic heterocycles. The van der Waals surface area contributed by atoms with Crippen molar-refractivity contribution >= 4 is 28.3 Å². The van der Waals surface area contributed by atoms with Crippen LogP contribution >= 0.6 is 11.3 Å². The lowest BCUT2D eigenvalue weighted by atomic mass is 10.1. The van der Waals surface area contributed by atoms with Crippen LogP contribution in [0.5, 0.6) is 11.5 Å². The van der Waals surface area contributed by atoms with Crippen molar-refractivity contribution in [3.8, 4) is 22.1 Å². The Bertz CT molecular complexity index is 1170. The maximum Gasteiger partial charge on any atom is 0.257 e. The Morgan fingerprint density at radius 3 is 2.84 bits per heavy atom. The number of hydrogen-bond donors (Lipinski definition) is 1. The van der Waals surface area contributed by atoms with E-state index in [9.17, 15) is 14.0 Å². The number of hydrogen-bond acceptors (Lipinski definition) is 7. The van der Waals surface area contributed by atoms with Gasteiger partial charge in [0.05, 0.1) is 5.56 Å². The summed E-state index contributed by atoms with van der Waals surface area (Å²) in [5.74, 6) is -0.158. The summed E-state index contributed by atoms with van der Waals surface area (Å²) < 4.78 is 24.7. The number of amides is 2. The molecule has 31 heavy (non-hydrogen) atoms. The highest BCUT2D eigenvalue weighted by molar-refractivity contribution is 7.18. The zero-order valence-corrected chi connectivity index (χ0v) is 17.0. The molecule has 3 aromatic rings. The molecule has 0 saturated carbocycles. The van der Waals surface area contributed by atoms with E-state index in [0.29, 0.717) is 41.0 Å². The smallest absolute Gasteiger partial charge is 0.257 e. The minimum atomic E-state index is -0.690. The number of likely N-dealkylation sites (tertiary alicyclic amines) is 1. The van der Waals surface area contributed by atoms with E-state index in [1.165, 1.54) is 34.4 Å². The Balaban J connectivity index is 1.30. The van der Waals surface area contributed by atoms with Crippen LogP contribution in [-0.4, -0.2) is 46.3 Å². The summed E-state index contributed by atoms with van der Waals surface area (Å²) in [6.07, 6.45) is 1.16. The van der Waals surface area contributed by atoms with Crippen LogP contribution in [0.25, 0.3) is 10.6 Å². The van der Waals surface area contributed by atoms with Gasteiger partial charge in [0.2, 0.25) is 17.8 Å². The number of carbonyl (C=O) groups excluding carboxylic acids is 2. The minimum Gasteiger partial charge on any atom is -0.454 e. The molecule has 1 atom stereocenters. The minimum absolute atomic E-state index is 0.0387. The van der Waals surface area contributed by atoms with E-state index in [0.717, 1.165) is 5.56 Å². The predicted octanol–water partition coefficient (Wildman–Crippen LogP) is 3.32. The van der Waals surface area contributed by atoms with Crippen LogP contribution in [0.4, 0.5) is 9.52 Å². The van der Waals surface area contributed by atoms with Crippen molar-refractivity contribution in [1.82, 2.24) is 15.1 Å². The molecule has 1 saturated heterocycles. The lowest BCUT2D eigenvalue weighted by Crippen LogP contribution is -2.43. The summed E-state index contributed by atoms with van der Waals surface area (Å²) in [5.41, 5.74) is 0.752. The summed E-state index contributed by atoms with van der Waals surface area (Å²) in [5, 5.41) is 11.8. The molecule has 0 bridgehead atoms. The average Bonchev–Trinajstić information content (AvgIpc) is 3.53. The van der Waals surface area contributed by atoms with Crippen LogP contribution in [0.1, 0.15) is 23.2 Å². The lowest BCUT2D eigenvalue weighted by Gasteiger charge is -2.23. The third-order valence-electron chi connectivity index (χ3n) is 5.20. The number of halogens is 1. The van der Waals surface area contributed by atoms with Crippen LogP contribution in [0, 0.1) is 5.82 Å². The Labute approximate surface area is 180 Å². The molecule has 0 aliphatic carbocycles. The maximum absolute atomic E-state index is 14.0. The first-order valence-corrected chi connectivity index (χ1v) is 10.5. The van der Waals surface area contributed by atoms with E-state index >= 15 is 0 Å². The van der Waals surface area contributed by atoms with Crippen LogP contribution in [0.3, 0.4) is 0 Å². The van der Waals surface area contributed by atoms with E-state index < -0.39 is 17.8 Å². The van der Waals surface area contributed by atoms with Crippen molar-refractivity contribution in [3.05, 3.63) is 53.8 Å². The number of ether oxygens (including phenoxy) is 2. The van der Waals surface area contributed by atoms with Gasteiger partial charge in [-0.15, -0.1) is 10.2 Å². The number of aromatic nitrogens is 2. The first kappa shape index (κ1) is 19.4. The molecular weight excluding hydrogens is 423 g/mol. The highest BCUT2D eigenvalue weighted by Crippen LogP contribution is 2.37. The molecule has 2 aliphatic heterocycles. The van der Waals surface area contributed by atoms with Gasteiger partial charge in [-0.3, -0.25) is 14.9 Å². The molecule has 2 amide bonds. The number of nitrogens with one attached hydrogen (secondary N) is 1. The summed E-state index contributed by atoms with van der Waals surface area (Å²) in [6, 6.07) is 10.5. The molecule has 2 aromatic carbocycles. The molecule has 1 fully saturated rings. The number of rotatable bonds is 4. The second-order valence-corrected chi connectivity index (χ2v) is 8.08. The fourth-order valence-electron chi connectivity index (χ4n) is 3.68. The second kappa shape index (κ2) is 7.95. The molecule has 3 heterocycles. The molecule has 0 spiro atoms. The number of anilines is 1. The standard InChI is InChI=1S/C21H17FN4O4S/c22-14-5-2-1-4-13(14)20(28)26-9-3-6-15(26)18(27)23-21-25-24-19(31-21)12-7-8-16-17(10-12)30-11-29-16/h1-2,4-5,7-8,10,15H,3,6,9,11H2,(H,23,25,27). The zero-order valence-electron chi connectivity index (χ0n) is 16.2. The number of benzene rings is 2. The van der Waals surface area contributed by atoms with Gasteiger partial charge in [-0.25, -0.2) is 4.39 Å². The van der Waals surface area contributed by atoms with E-state index in [1.54, 1.807) is 18.2 Å². The van der Waals surface area contributed by atoms with Crippen molar-refractivity contribution in [2.75, 3.05) is 18.7 Å². The van der Waals surface area contributed by atoms with E-state index in [2.05, 4.69) is 15.5 Å². The van der Waals surface area contributed by atoms with Crippen LogP contribution < -0.4 is 14.8 Å². The first-order valence-electron chi connectivity index (χ1n) is 9.70. The quantitative estimate of drug-likeness (QED) is 0.669. The number of fused-ring (bicyclic) bond motifs is 1. The largest absolute Gasteiger partial charge is 0.454 e. The molecule has 0 radical (unpaired) electrons. The second-order valence-electron chi connectivity index (χ2n) is 7.11. The lowest BCUT2D eigenvalue weighted by molar-refractivity contribution is -0.119. The molecule has 158 valence electrons. The van der Waals surface area contributed by atoms with E-state index in [4.69, 9.17) is 9.47 Å². The molecular formula is C21H17FN4O4S. The SMILES string of the molecule is O=C(Nc1nnc(-c2ccc3c(c2)OCO3)s1)C1CCCN1C(=O)c1ccccc1F. The average molecular weight is 440 g/mol. The van der Waals surface area contributed by atoms with Crippen LogP contribution in [0.15, 0.2) is 42.5 Å². The van der Waals surface area contributed by atoms with Gasteiger partial charge < -0.3 is 14.4 Å². The Morgan fingerprint density at radius 2 is 1.97 bits per heavy atom. The Kier molecular flexibility index (Phi) is 4.99. The monoisotopic (exact) mass is 440 g/mol. The van der Waals surface area contributed by atoms with E-state index in [-0.39, 0.29) is 18.3 Å². The summed E-state index contributed by atoms with van der Waals surface area (Å²) in [7, 11) is 0. The van der Waals surface area contributed by atoms with Crippen LogP contribution in [0.2, 0.25) is 0 Å².